The predicted molar refractivity (Wildman–Crippen MR) is 120 cm³/mol. The highest BCUT2D eigenvalue weighted by atomic mass is 16.5. The number of nitrogens with zero attached hydrogens (tertiary/aromatic N) is 3. The van der Waals surface area contributed by atoms with Crippen LogP contribution in [0.4, 0.5) is 0 Å². The van der Waals surface area contributed by atoms with Gasteiger partial charge in [-0.1, -0.05) is 26.8 Å². The van der Waals surface area contributed by atoms with Crippen molar-refractivity contribution in [3.63, 3.8) is 0 Å². The number of aromatic nitrogens is 1. The van der Waals surface area contributed by atoms with E-state index in [2.05, 4.69) is 43.8 Å². The summed E-state index contributed by atoms with van der Waals surface area (Å²) in [5.41, 5.74) is 1.17. The Morgan fingerprint density at radius 3 is 2.67 bits per heavy atom. The van der Waals surface area contributed by atoms with Crippen LogP contribution in [0, 0.1) is 11.8 Å². The number of ether oxygens (including phenoxy) is 1. The normalized spacial score (nSPS) is 19.5. The van der Waals surface area contributed by atoms with Crippen LogP contribution in [0.15, 0.2) is 18.3 Å². The Morgan fingerprint density at radius 2 is 2.07 bits per heavy atom. The topological polar surface area (TPSA) is 62.7 Å². The lowest BCUT2D eigenvalue weighted by Crippen LogP contribution is -2.46. The molecule has 1 aliphatic heterocycles. The molecule has 168 valence electrons. The van der Waals surface area contributed by atoms with E-state index in [0.717, 1.165) is 51.6 Å². The summed E-state index contributed by atoms with van der Waals surface area (Å²) < 4.78 is 5.14. The van der Waals surface area contributed by atoms with E-state index in [1.165, 1.54) is 5.56 Å². The summed E-state index contributed by atoms with van der Waals surface area (Å²) in [5, 5.41) is 0. The standard InChI is InChI=1S/C24H39N3O3/c1-6-22(26(4)13-11-19(3)18(2)8-7-15-28)24(29)27-14-12-21(17-27)20-9-10-23(30-5)25-16-20/h9-10,15-16,18-19,21-22H,6-8,11-14,17H2,1-5H3/t18-,19?,21?,22-/m0/s1. The summed E-state index contributed by atoms with van der Waals surface area (Å²) in [6.07, 6.45) is 7.29. The van der Waals surface area contributed by atoms with Gasteiger partial charge in [0.05, 0.1) is 13.2 Å². The van der Waals surface area contributed by atoms with E-state index < -0.39 is 0 Å². The molecule has 0 saturated carbocycles. The number of hydrogen-bond donors (Lipinski definition) is 0. The minimum Gasteiger partial charge on any atom is -0.481 e. The van der Waals surface area contributed by atoms with Gasteiger partial charge in [-0.3, -0.25) is 9.69 Å². The van der Waals surface area contributed by atoms with Crippen LogP contribution < -0.4 is 4.74 Å². The summed E-state index contributed by atoms with van der Waals surface area (Å²) >= 11 is 0. The van der Waals surface area contributed by atoms with Gasteiger partial charge in [0, 0.05) is 37.7 Å². The number of rotatable bonds is 12. The van der Waals surface area contributed by atoms with Gasteiger partial charge in [-0.15, -0.1) is 0 Å². The second kappa shape index (κ2) is 12.0. The number of amides is 1. The fourth-order valence-corrected chi connectivity index (χ4v) is 4.34. The smallest absolute Gasteiger partial charge is 0.239 e. The highest BCUT2D eigenvalue weighted by Crippen LogP contribution is 2.29. The van der Waals surface area contributed by atoms with Crippen molar-refractivity contribution < 1.29 is 14.3 Å². The van der Waals surface area contributed by atoms with Crippen LogP contribution in [0.2, 0.25) is 0 Å². The molecule has 2 rings (SSSR count). The molecule has 6 heteroatoms. The molecule has 1 aromatic rings. The van der Waals surface area contributed by atoms with E-state index in [1.54, 1.807) is 7.11 Å². The Morgan fingerprint density at radius 1 is 1.33 bits per heavy atom. The van der Waals surface area contributed by atoms with Crippen LogP contribution in [0.3, 0.4) is 0 Å². The number of likely N-dealkylation sites (N-methyl/N-ethyl adjacent to an activating group) is 1. The summed E-state index contributed by atoms with van der Waals surface area (Å²) in [6.45, 7) is 9.02. The maximum Gasteiger partial charge on any atom is 0.239 e. The van der Waals surface area contributed by atoms with Crippen molar-refractivity contribution in [2.75, 3.05) is 33.8 Å². The minimum absolute atomic E-state index is 0.0739. The largest absolute Gasteiger partial charge is 0.481 e. The van der Waals surface area contributed by atoms with Gasteiger partial charge in [0.15, 0.2) is 0 Å². The number of methoxy groups -OCH3 is 1. The zero-order valence-corrected chi connectivity index (χ0v) is 19.3. The zero-order valence-electron chi connectivity index (χ0n) is 19.3. The van der Waals surface area contributed by atoms with Crippen molar-refractivity contribution in [2.24, 2.45) is 11.8 Å². The van der Waals surface area contributed by atoms with Gasteiger partial charge in [0.2, 0.25) is 11.8 Å². The molecule has 1 amide bonds. The first kappa shape index (κ1) is 24.3. The number of hydrogen-bond acceptors (Lipinski definition) is 5. The van der Waals surface area contributed by atoms with Gasteiger partial charge < -0.3 is 14.4 Å². The number of likely N-dealkylation sites (tertiary alicyclic amines) is 1. The molecule has 30 heavy (non-hydrogen) atoms. The van der Waals surface area contributed by atoms with Crippen molar-refractivity contribution in [2.45, 2.75) is 64.8 Å². The summed E-state index contributed by atoms with van der Waals surface area (Å²) in [7, 11) is 3.68. The third-order valence-corrected chi connectivity index (χ3v) is 6.79. The van der Waals surface area contributed by atoms with Gasteiger partial charge in [0.25, 0.3) is 0 Å². The molecule has 1 aliphatic rings. The minimum atomic E-state index is -0.0739. The first-order chi connectivity index (χ1) is 14.4. The van der Waals surface area contributed by atoms with Crippen LogP contribution in [0.5, 0.6) is 5.88 Å². The van der Waals surface area contributed by atoms with E-state index in [9.17, 15) is 9.59 Å². The molecule has 0 aliphatic carbocycles. The van der Waals surface area contributed by atoms with Crippen LogP contribution in [-0.4, -0.2) is 66.8 Å². The monoisotopic (exact) mass is 417 g/mol. The number of aldehydes is 1. The molecule has 1 fully saturated rings. The molecule has 0 N–H and O–H groups in total. The van der Waals surface area contributed by atoms with E-state index in [0.29, 0.717) is 30.1 Å². The van der Waals surface area contributed by atoms with Crippen LogP contribution in [-0.2, 0) is 9.59 Å². The van der Waals surface area contributed by atoms with E-state index in [4.69, 9.17) is 4.74 Å². The molecular formula is C24H39N3O3. The van der Waals surface area contributed by atoms with Crippen molar-refractivity contribution in [3.05, 3.63) is 23.9 Å². The Kier molecular flexibility index (Phi) is 9.76. The Hall–Kier alpha value is -1.95. The van der Waals surface area contributed by atoms with Crippen LogP contribution in [0.1, 0.15) is 64.4 Å². The van der Waals surface area contributed by atoms with E-state index >= 15 is 0 Å². The molecule has 0 radical (unpaired) electrons. The van der Waals surface area contributed by atoms with Gasteiger partial charge >= 0.3 is 0 Å². The first-order valence-corrected chi connectivity index (χ1v) is 11.3. The van der Waals surface area contributed by atoms with E-state index in [-0.39, 0.29) is 11.9 Å². The second-order valence-electron chi connectivity index (χ2n) is 8.80. The van der Waals surface area contributed by atoms with Gasteiger partial charge in [0.1, 0.15) is 6.29 Å². The molecule has 1 aromatic heterocycles. The van der Waals surface area contributed by atoms with Gasteiger partial charge in [-0.05, 0) is 56.7 Å². The molecule has 1 saturated heterocycles. The van der Waals surface area contributed by atoms with Crippen molar-refractivity contribution in [1.29, 1.82) is 0 Å². The third-order valence-electron chi connectivity index (χ3n) is 6.79. The second-order valence-corrected chi connectivity index (χ2v) is 8.80. The molecule has 0 bridgehead atoms. The number of carbonyl (C=O) groups is 2. The summed E-state index contributed by atoms with van der Waals surface area (Å²) in [4.78, 5) is 32.4. The molecule has 6 nitrogen and oxygen atoms in total. The number of carbonyl (C=O) groups excluding carboxylic acids is 2. The highest BCUT2D eigenvalue weighted by Gasteiger charge is 2.32. The molecule has 2 unspecified atom stereocenters. The lowest BCUT2D eigenvalue weighted by molar-refractivity contribution is -0.135. The van der Waals surface area contributed by atoms with Gasteiger partial charge in [-0.2, -0.15) is 0 Å². The average Bonchev–Trinajstić information content (AvgIpc) is 3.26. The third kappa shape index (κ3) is 6.53. The number of pyridine rings is 1. The fraction of sp³-hybridized carbons (Fsp3) is 0.708. The fourth-order valence-electron chi connectivity index (χ4n) is 4.34. The maximum atomic E-state index is 13.2. The molecule has 0 aromatic carbocycles. The summed E-state index contributed by atoms with van der Waals surface area (Å²) in [5.74, 6) is 2.27. The van der Waals surface area contributed by atoms with E-state index in [1.807, 2.05) is 17.2 Å². The van der Waals surface area contributed by atoms with Crippen molar-refractivity contribution in [3.8, 4) is 5.88 Å². The Labute approximate surface area is 182 Å². The predicted octanol–water partition coefficient (Wildman–Crippen LogP) is 3.76. The quantitative estimate of drug-likeness (QED) is 0.485. The van der Waals surface area contributed by atoms with Crippen molar-refractivity contribution in [1.82, 2.24) is 14.8 Å². The lowest BCUT2D eigenvalue weighted by Gasteiger charge is -2.31. The van der Waals surface area contributed by atoms with Gasteiger partial charge in [-0.25, -0.2) is 4.98 Å². The Balaban J connectivity index is 1.88. The van der Waals surface area contributed by atoms with Crippen LogP contribution >= 0.6 is 0 Å². The van der Waals surface area contributed by atoms with Crippen molar-refractivity contribution >= 4 is 12.2 Å². The maximum absolute atomic E-state index is 13.2. The highest BCUT2D eigenvalue weighted by molar-refractivity contribution is 5.82. The first-order valence-electron chi connectivity index (χ1n) is 11.3. The Bertz CT molecular complexity index is 664. The average molecular weight is 418 g/mol. The lowest BCUT2D eigenvalue weighted by atomic mass is 9.89. The SMILES string of the molecule is CC[C@@H](C(=O)N1CCC(c2ccc(OC)nc2)C1)N(C)CCC(C)[C@@H](C)CCC=O. The zero-order chi connectivity index (χ0) is 22.1. The molecule has 2 heterocycles. The molecule has 4 atom stereocenters. The molecular weight excluding hydrogens is 378 g/mol. The summed E-state index contributed by atoms with van der Waals surface area (Å²) in [6, 6.07) is 3.87. The molecule has 0 spiro atoms. The van der Waals surface area contributed by atoms with Crippen LogP contribution in [0.25, 0.3) is 0 Å².